The molecule has 3 heteroatoms. The second-order valence-corrected chi connectivity index (χ2v) is 3.47. The molecule has 0 amide bonds. The third-order valence-electron chi connectivity index (χ3n) is 2.73. The molecule has 0 fully saturated rings. The van der Waals surface area contributed by atoms with E-state index in [0.29, 0.717) is 11.3 Å². The van der Waals surface area contributed by atoms with E-state index < -0.39 is 0 Å². The Balaban J connectivity index is 2.61. The summed E-state index contributed by atoms with van der Waals surface area (Å²) in [5, 5.41) is 8.89. The zero-order valence-electron chi connectivity index (χ0n) is 8.08. The average molecular weight is 188 g/mol. The Kier molecular flexibility index (Phi) is 2.14. The molecule has 0 aliphatic heterocycles. The van der Waals surface area contributed by atoms with Crippen LogP contribution in [0.1, 0.15) is 29.2 Å². The number of fused-ring (bicyclic) bond motifs is 1. The maximum absolute atomic E-state index is 8.89. The maximum Gasteiger partial charge on any atom is 0.140 e. The lowest BCUT2D eigenvalue weighted by molar-refractivity contribution is 0.409. The number of nitrogens with two attached hydrogens (primary N) is 1. The number of methoxy groups -OCH3 is 1. The lowest BCUT2D eigenvalue weighted by Crippen LogP contribution is -2.05. The van der Waals surface area contributed by atoms with Crippen LogP contribution in [0.5, 0.6) is 5.75 Å². The van der Waals surface area contributed by atoms with E-state index in [0.717, 1.165) is 24.0 Å². The van der Waals surface area contributed by atoms with E-state index in [9.17, 15) is 0 Å². The van der Waals surface area contributed by atoms with Crippen LogP contribution < -0.4 is 10.5 Å². The molecule has 1 aliphatic carbocycles. The largest absolute Gasteiger partial charge is 0.495 e. The van der Waals surface area contributed by atoms with Gasteiger partial charge in [0.05, 0.1) is 12.7 Å². The van der Waals surface area contributed by atoms with Gasteiger partial charge in [-0.2, -0.15) is 5.26 Å². The fraction of sp³-hybridized carbons (Fsp3) is 0.364. The van der Waals surface area contributed by atoms with Gasteiger partial charge in [-0.1, -0.05) is 6.07 Å². The van der Waals surface area contributed by atoms with Crippen LogP contribution in [0.3, 0.4) is 0 Å². The van der Waals surface area contributed by atoms with Crippen LogP contribution in [0.4, 0.5) is 0 Å². The van der Waals surface area contributed by atoms with Gasteiger partial charge in [-0.3, -0.25) is 0 Å². The molecule has 14 heavy (non-hydrogen) atoms. The van der Waals surface area contributed by atoms with Crippen molar-refractivity contribution in [2.75, 3.05) is 7.11 Å². The van der Waals surface area contributed by atoms with Crippen molar-refractivity contribution in [1.29, 1.82) is 5.26 Å². The monoisotopic (exact) mass is 188 g/mol. The molecule has 0 heterocycles. The Labute approximate surface area is 83.1 Å². The molecule has 2 rings (SSSR count). The Morgan fingerprint density at radius 1 is 1.57 bits per heavy atom. The van der Waals surface area contributed by atoms with Crippen molar-refractivity contribution in [2.45, 2.75) is 18.9 Å². The zero-order valence-corrected chi connectivity index (χ0v) is 8.08. The van der Waals surface area contributed by atoms with Crippen molar-refractivity contribution in [2.24, 2.45) is 5.73 Å². The molecule has 0 saturated heterocycles. The van der Waals surface area contributed by atoms with Gasteiger partial charge in [0.15, 0.2) is 0 Å². The van der Waals surface area contributed by atoms with E-state index in [-0.39, 0.29) is 6.04 Å². The van der Waals surface area contributed by atoms with E-state index in [2.05, 4.69) is 6.07 Å². The summed E-state index contributed by atoms with van der Waals surface area (Å²) >= 11 is 0. The number of nitriles is 1. The van der Waals surface area contributed by atoms with Gasteiger partial charge in [0.25, 0.3) is 0 Å². The zero-order chi connectivity index (χ0) is 10.1. The summed E-state index contributed by atoms with van der Waals surface area (Å²) in [4.78, 5) is 0. The van der Waals surface area contributed by atoms with Crippen LogP contribution in [-0.2, 0) is 6.42 Å². The van der Waals surface area contributed by atoms with Crippen LogP contribution in [-0.4, -0.2) is 7.11 Å². The quantitative estimate of drug-likeness (QED) is 0.726. The first-order valence-corrected chi connectivity index (χ1v) is 4.63. The van der Waals surface area contributed by atoms with E-state index in [1.165, 1.54) is 0 Å². The molecule has 1 atom stereocenters. The standard InChI is InChI=1S/C11H12N2O/c1-14-11-7(6-12)2-3-8-9(11)4-5-10(8)13/h2-3,10H,4-5,13H2,1H3/t10-/m1/s1. The normalized spacial score (nSPS) is 18.8. The van der Waals surface area contributed by atoms with Gasteiger partial charge in [0.2, 0.25) is 0 Å². The van der Waals surface area contributed by atoms with Gasteiger partial charge in [-0.25, -0.2) is 0 Å². The second-order valence-electron chi connectivity index (χ2n) is 3.47. The molecule has 3 nitrogen and oxygen atoms in total. The third-order valence-corrected chi connectivity index (χ3v) is 2.73. The third kappa shape index (κ3) is 1.16. The van der Waals surface area contributed by atoms with Crippen molar-refractivity contribution in [1.82, 2.24) is 0 Å². The predicted molar refractivity (Wildman–Crippen MR) is 53.0 cm³/mol. The SMILES string of the molecule is COc1c(C#N)ccc2c1CC[C@H]2N. The molecule has 0 saturated carbocycles. The minimum absolute atomic E-state index is 0.103. The molecule has 0 unspecified atom stereocenters. The summed E-state index contributed by atoms with van der Waals surface area (Å²) < 4.78 is 5.25. The molecule has 1 aliphatic rings. The van der Waals surface area contributed by atoms with Crippen LogP contribution in [0.25, 0.3) is 0 Å². The van der Waals surface area contributed by atoms with Crippen LogP contribution in [0.2, 0.25) is 0 Å². The number of hydrogen-bond acceptors (Lipinski definition) is 3. The van der Waals surface area contributed by atoms with E-state index in [4.69, 9.17) is 15.7 Å². The molecule has 0 aromatic heterocycles. The fourth-order valence-corrected chi connectivity index (χ4v) is 2.02. The van der Waals surface area contributed by atoms with Gasteiger partial charge in [-0.05, 0) is 24.5 Å². The van der Waals surface area contributed by atoms with Crippen molar-refractivity contribution >= 4 is 0 Å². The Morgan fingerprint density at radius 3 is 3.00 bits per heavy atom. The topological polar surface area (TPSA) is 59.0 Å². The molecule has 0 bridgehead atoms. The van der Waals surface area contributed by atoms with E-state index >= 15 is 0 Å². The van der Waals surface area contributed by atoms with Gasteiger partial charge >= 0.3 is 0 Å². The summed E-state index contributed by atoms with van der Waals surface area (Å²) in [6.45, 7) is 0. The first-order chi connectivity index (χ1) is 6.77. The fourth-order valence-electron chi connectivity index (χ4n) is 2.02. The molecular formula is C11H12N2O. The number of rotatable bonds is 1. The van der Waals surface area contributed by atoms with E-state index in [1.54, 1.807) is 13.2 Å². The van der Waals surface area contributed by atoms with Gasteiger partial charge < -0.3 is 10.5 Å². The van der Waals surface area contributed by atoms with Gasteiger partial charge in [0.1, 0.15) is 11.8 Å². The summed E-state index contributed by atoms with van der Waals surface area (Å²) in [6.07, 6.45) is 1.86. The first-order valence-electron chi connectivity index (χ1n) is 4.63. The molecule has 0 spiro atoms. The minimum Gasteiger partial charge on any atom is -0.495 e. The maximum atomic E-state index is 8.89. The molecular weight excluding hydrogens is 176 g/mol. The lowest BCUT2D eigenvalue weighted by atomic mass is 10.0. The number of nitrogens with zero attached hydrogens (tertiary/aromatic N) is 1. The number of ether oxygens (including phenoxy) is 1. The Morgan fingerprint density at radius 2 is 2.36 bits per heavy atom. The van der Waals surface area contributed by atoms with Crippen molar-refractivity contribution in [3.63, 3.8) is 0 Å². The van der Waals surface area contributed by atoms with Crippen molar-refractivity contribution in [3.05, 3.63) is 28.8 Å². The minimum atomic E-state index is 0.103. The average Bonchev–Trinajstić information content (AvgIpc) is 2.59. The van der Waals surface area contributed by atoms with Crippen LogP contribution >= 0.6 is 0 Å². The molecule has 0 radical (unpaired) electrons. The molecule has 1 aromatic carbocycles. The van der Waals surface area contributed by atoms with Crippen molar-refractivity contribution < 1.29 is 4.74 Å². The summed E-state index contributed by atoms with van der Waals surface area (Å²) in [5.74, 6) is 0.706. The Hall–Kier alpha value is -1.53. The number of benzene rings is 1. The smallest absolute Gasteiger partial charge is 0.140 e. The number of hydrogen-bond donors (Lipinski definition) is 1. The van der Waals surface area contributed by atoms with Gasteiger partial charge in [-0.15, -0.1) is 0 Å². The highest BCUT2D eigenvalue weighted by Crippen LogP contribution is 2.37. The van der Waals surface area contributed by atoms with Crippen molar-refractivity contribution in [3.8, 4) is 11.8 Å². The molecule has 72 valence electrons. The Bertz CT molecular complexity index is 406. The second kappa shape index (κ2) is 3.32. The van der Waals surface area contributed by atoms with E-state index in [1.807, 2.05) is 6.07 Å². The van der Waals surface area contributed by atoms with Gasteiger partial charge in [0, 0.05) is 11.6 Å². The highest BCUT2D eigenvalue weighted by Gasteiger charge is 2.23. The highest BCUT2D eigenvalue weighted by molar-refractivity contribution is 5.54. The summed E-state index contributed by atoms with van der Waals surface area (Å²) in [5.41, 5.74) is 8.76. The predicted octanol–water partition coefficient (Wildman–Crippen LogP) is 1.51. The molecule has 2 N–H and O–H groups in total. The summed E-state index contributed by atoms with van der Waals surface area (Å²) in [6, 6.07) is 5.95. The van der Waals surface area contributed by atoms with Crippen LogP contribution in [0.15, 0.2) is 12.1 Å². The van der Waals surface area contributed by atoms with Crippen LogP contribution in [0, 0.1) is 11.3 Å². The lowest BCUT2D eigenvalue weighted by Gasteiger charge is -2.09. The highest BCUT2D eigenvalue weighted by atomic mass is 16.5. The summed E-state index contributed by atoms with van der Waals surface area (Å²) in [7, 11) is 1.60. The molecule has 1 aromatic rings. The first kappa shape index (κ1) is 9.04.